The molecule has 0 aromatic carbocycles. The number of rotatable bonds is 2. The number of nitrogens with zero attached hydrogens (tertiary/aromatic N) is 1. The van der Waals surface area contributed by atoms with Crippen LogP contribution in [0.1, 0.15) is 5.56 Å². The van der Waals surface area contributed by atoms with Crippen LogP contribution >= 0.6 is 15.9 Å². The lowest BCUT2D eigenvalue weighted by Crippen LogP contribution is -1.94. The zero-order chi connectivity index (χ0) is 9.14. The van der Waals surface area contributed by atoms with Crippen LogP contribution in [0.2, 0.25) is 0 Å². The van der Waals surface area contributed by atoms with Gasteiger partial charge >= 0.3 is 0 Å². The van der Waals surface area contributed by atoms with Gasteiger partial charge in [-0.1, -0.05) is 0 Å². The molecule has 0 unspecified atom stereocenters. The van der Waals surface area contributed by atoms with Gasteiger partial charge in [0.2, 0.25) is 5.88 Å². The van der Waals surface area contributed by atoms with E-state index in [4.69, 9.17) is 9.47 Å². The summed E-state index contributed by atoms with van der Waals surface area (Å²) in [5, 5.41) is 0. The maximum absolute atomic E-state index is 5.08. The van der Waals surface area contributed by atoms with Crippen LogP contribution in [0.15, 0.2) is 10.7 Å². The molecule has 0 aliphatic carbocycles. The summed E-state index contributed by atoms with van der Waals surface area (Å²) in [7, 11) is 3.20. The van der Waals surface area contributed by atoms with Crippen LogP contribution in [0.25, 0.3) is 0 Å². The van der Waals surface area contributed by atoms with Crippen molar-refractivity contribution in [3.63, 3.8) is 0 Å². The van der Waals surface area contributed by atoms with Gasteiger partial charge in [-0.15, -0.1) is 0 Å². The topological polar surface area (TPSA) is 31.4 Å². The summed E-state index contributed by atoms with van der Waals surface area (Å²) in [6.45, 7) is 1.94. The fraction of sp³-hybridized carbons (Fsp3) is 0.375. The van der Waals surface area contributed by atoms with Crippen LogP contribution in [0.5, 0.6) is 11.6 Å². The third-order valence-corrected chi connectivity index (χ3v) is 2.53. The molecule has 66 valence electrons. The molecule has 0 N–H and O–H groups in total. The van der Waals surface area contributed by atoms with E-state index in [-0.39, 0.29) is 0 Å². The van der Waals surface area contributed by atoms with E-state index in [9.17, 15) is 0 Å². The Bertz CT molecular complexity index is 260. The zero-order valence-corrected chi connectivity index (χ0v) is 8.81. The first-order chi connectivity index (χ1) is 5.70. The van der Waals surface area contributed by atoms with E-state index in [1.807, 2.05) is 6.92 Å². The lowest BCUT2D eigenvalue weighted by Gasteiger charge is -2.08. The number of hydrogen-bond acceptors (Lipinski definition) is 3. The van der Waals surface area contributed by atoms with Crippen LogP contribution in [-0.2, 0) is 0 Å². The van der Waals surface area contributed by atoms with Crippen LogP contribution in [-0.4, -0.2) is 19.2 Å². The molecule has 0 aliphatic heterocycles. The highest BCUT2D eigenvalue weighted by Crippen LogP contribution is 2.31. The predicted octanol–water partition coefficient (Wildman–Crippen LogP) is 2.17. The monoisotopic (exact) mass is 231 g/mol. The maximum atomic E-state index is 5.08. The fourth-order valence-corrected chi connectivity index (χ4v) is 1.35. The Kier molecular flexibility index (Phi) is 2.92. The van der Waals surface area contributed by atoms with Gasteiger partial charge in [0.05, 0.1) is 24.9 Å². The first-order valence-corrected chi connectivity index (χ1v) is 4.23. The average molecular weight is 232 g/mol. The molecule has 1 rings (SSSR count). The van der Waals surface area contributed by atoms with Crippen molar-refractivity contribution in [3.05, 3.63) is 16.2 Å². The van der Waals surface area contributed by atoms with Gasteiger partial charge < -0.3 is 9.47 Å². The second-order valence-corrected chi connectivity index (χ2v) is 3.07. The minimum absolute atomic E-state index is 0.577. The Labute approximate surface area is 79.8 Å². The summed E-state index contributed by atoms with van der Waals surface area (Å²) in [6, 6.07) is 0. The lowest BCUT2D eigenvalue weighted by atomic mass is 10.3. The molecule has 0 amide bonds. The number of hydrogen-bond donors (Lipinski definition) is 0. The molecular formula is C8H10BrNO2. The first-order valence-electron chi connectivity index (χ1n) is 3.43. The van der Waals surface area contributed by atoms with E-state index in [0.29, 0.717) is 5.88 Å². The number of aromatic nitrogens is 1. The molecule has 0 bridgehead atoms. The molecule has 0 atom stereocenters. The van der Waals surface area contributed by atoms with Gasteiger partial charge in [0.1, 0.15) is 5.75 Å². The van der Waals surface area contributed by atoms with E-state index >= 15 is 0 Å². The quantitative estimate of drug-likeness (QED) is 0.782. The predicted molar refractivity (Wildman–Crippen MR) is 49.8 cm³/mol. The van der Waals surface area contributed by atoms with E-state index in [2.05, 4.69) is 20.9 Å². The second kappa shape index (κ2) is 3.76. The SMILES string of the molecule is COc1cnc(OC)c(Br)c1C. The van der Waals surface area contributed by atoms with Gasteiger partial charge in [-0.25, -0.2) is 4.98 Å². The highest BCUT2D eigenvalue weighted by atomic mass is 79.9. The van der Waals surface area contributed by atoms with E-state index < -0.39 is 0 Å². The van der Waals surface area contributed by atoms with E-state index in [1.165, 1.54) is 0 Å². The van der Waals surface area contributed by atoms with Gasteiger partial charge in [-0.05, 0) is 22.9 Å². The van der Waals surface area contributed by atoms with E-state index in [0.717, 1.165) is 15.8 Å². The van der Waals surface area contributed by atoms with Crippen molar-refractivity contribution in [2.75, 3.05) is 14.2 Å². The van der Waals surface area contributed by atoms with Crippen molar-refractivity contribution >= 4 is 15.9 Å². The molecule has 0 aliphatic rings. The zero-order valence-electron chi connectivity index (χ0n) is 7.22. The van der Waals surface area contributed by atoms with E-state index in [1.54, 1.807) is 20.4 Å². The third-order valence-electron chi connectivity index (χ3n) is 1.60. The molecule has 0 saturated carbocycles. The fourth-order valence-electron chi connectivity index (χ4n) is 0.887. The third kappa shape index (κ3) is 1.53. The largest absolute Gasteiger partial charge is 0.495 e. The number of halogens is 1. The van der Waals surface area contributed by atoms with Crippen molar-refractivity contribution in [3.8, 4) is 11.6 Å². The number of ether oxygens (including phenoxy) is 2. The molecule has 12 heavy (non-hydrogen) atoms. The highest BCUT2D eigenvalue weighted by Gasteiger charge is 2.08. The van der Waals surface area contributed by atoms with Crippen molar-refractivity contribution in [2.24, 2.45) is 0 Å². The van der Waals surface area contributed by atoms with Crippen molar-refractivity contribution in [1.82, 2.24) is 4.98 Å². The van der Waals surface area contributed by atoms with Crippen molar-refractivity contribution in [1.29, 1.82) is 0 Å². The van der Waals surface area contributed by atoms with Crippen LogP contribution < -0.4 is 9.47 Å². The first kappa shape index (κ1) is 9.32. The maximum Gasteiger partial charge on any atom is 0.228 e. The Morgan fingerprint density at radius 2 is 2.00 bits per heavy atom. The second-order valence-electron chi connectivity index (χ2n) is 2.27. The minimum atomic E-state index is 0.577. The molecule has 0 spiro atoms. The van der Waals surface area contributed by atoms with Crippen LogP contribution in [0, 0.1) is 6.92 Å². The van der Waals surface area contributed by atoms with Gasteiger partial charge in [-0.2, -0.15) is 0 Å². The molecule has 1 aromatic rings. The highest BCUT2D eigenvalue weighted by molar-refractivity contribution is 9.10. The molecule has 1 heterocycles. The Balaban J connectivity index is 3.20. The standard InChI is InChI=1S/C8H10BrNO2/c1-5-6(11-2)4-10-8(12-3)7(5)9/h4H,1-3H3. The summed E-state index contributed by atoms with van der Waals surface area (Å²) < 4.78 is 10.9. The van der Waals surface area contributed by atoms with Crippen LogP contribution in [0.3, 0.4) is 0 Å². The van der Waals surface area contributed by atoms with Gasteiger partial charge in [0.25, 0.3) is 0 Å². The average Bonchev–Trinajstić information content (AvgIpc) is 2.10. The molecule has 0 radical (unpaired) electrons. The Morgan fingerprint density at radius 1 is 1.33 bits per heavy atom. The van der Waals surface area contributed by atoms with Crippen molar-refractivity contribution in [2.45, 2.75) is 6.92 Å². The molecule has 1 aromatic heterocycles. The summed E-state index contributed by atoms with van der Waals surface area (Å²) in [5.74, 6) is 1.33. The number of pyridine rings is 1. The Hall–Kier alpha value is -0.770. The van der Waals surface area contributed by atoms with Gasteiger partial charge in [0.15, 0.2) is 0 Å². The smallest absolute Gasteiger partial charge is 0.228 e. The molecule has 3 nitrogen and oxygen atoms in total. The molecular weight excluding hydrogens is 222 g/mol. The summed E-state index contributed by atoms with van der Waals surface area (Å²) in [5.41, 5.74) is 0.990. The molecule has 0 saturated heterocycles. The van der Waals surface area contributed by atoms with Crippen LogP contribution in [0.4, 0.5) is 0 Å². The lowest BCUT2D eigenvalue weighted by molar-refractivity contribution is 0.382. The molecule has 4 heteroatoms. The Morgan fingerprint density at radius 3 is 2.50 bits per heavy atom. The minimum Gasteiger partial charge on any atom is -0.495 e. The summed E-state index contributed by atoms with van der Waals surface area (Å²) in [4.78, 5) is 4.03. The molecule has 0 fully saturated rings. The van der Waals surface area contributed by atoms with Gasteiger partial charge in [0, 0.05) is 5.56 Å². The summed E-state index contributed by atoms with van der Waals surface area (Å²) >= 11 is 3.36. The number of methoxy groups -OCH3 is 2. The van der Waals surface area contributed by atoms with Gasteiger partial charge in [-0.3, -0.25) is 0 Å². The van der Waals surface area contributed by atoms with Crippen molar-refractivity contribution < 1.29 is 9.47 Å². The summed E-state index contributed by atoms with van der Waals surface area (Å²) in [6.07, 6.45) is 1.64. The normalized spacial score (nSPS) is 9.67.